The van der Waals surface area contributed by atoms with Gasteiger partial charge in [0.15, 0.2) is 11.5 Å². The van der Waals surface area contributed by atoms with E-state index in [1.165, 1.54) is 6.26 Å². The van der Waals surface area contributed by atoms with E-state index in [1.54, 1.807) is 20.3 Å². The minimum absolute atomic E-state index is 0.146. The van der Waals surface area contributed by atoms with Crippen molar-refractivity contribution in [1.29, 1.82) is 0 Å². The molecule has 1 aromatic rings. The Kier molecular flexibility index (Phi) is 5.62. The Labute approximate surface area is 114 Å². The van der Waals surface area contributed by atoms with Crippen LogP contribution in [-0.2, 0) is 9.84 Å². The van der Waals surface area contributed by atoms with E-state index >= 15 is 0 Å². The normalized spacial score (nSPS) is 13.1. The summed E-state index contributed by atoms with van der Waals surface area (Å²) in [5, 5.41) is 0. The molecule has 0 saturated heterocycles. The van der Waals surface area contributed by atoms with Gasteiger partial charge in [-0.25, -0.2) is 8.42 Å². The zero-order valence-electron chi connectivity index (χ0n) is 11.5. The molecule has 0 aliphatic rings. The summed E-state index contributed by atoms with van der Waals surface area (Å²) in [4.78, 5) is 0. The van der Waals surface area contributed by atoms with E-state index in [-0.39, 0.29) is 11.8 Å². The highest BCUT2D eigenvalue weighted by Crippen LogP contribution is 2.35. The lowest BCUT2D eigenvalue weighted by Gasteiger charge is -2.17. The summed E-state index contributed by atoms with van der Waals surface area (Å²) >= 11 is 0. The Balaban J connectivity index is 2.79. The molecule has 1 aromatic carbocycles. The summed E-state index contributed by atoms with van der Waals surface area (Å²) in [6, 6.07) is 5.23. The van der Waals surface area contributed by atoms with Gasteiger partial charge in [0.05, 0.1) is 14.2 Å². The first-order valence-electron chi connectivity index (χ1n) is 6.03. The van der Waals surface area contributed by atoms with Crippen LogP contribution in [0.25, 0.3) is 0 Å². The molecule has 0 aromatic heterocycles. The van der Waals surface area contributed by atoms with Crippen LogP contribution in [0.15, 0.2) is 18.2 Å². The quantitative estimate of drug-likeness (QED) is 0.822. The Hall–Kier alpha value is -1.27. The van der Waals surface area contributed by atoms with Crippen LogP contribution in [0.2, 0.25) is 0 Å². The fourth-order valence-electron chi connectivity index (χ4n) is 1.92. The number of sulfone groups is 1. The van der Waals surface area contributed by atoms with Crippen molar-refractivity contribution in [3.63, 3.8) is 0 Å². The number of hydrogen-bond acceptors (Lipinski definition) is 5. The highest BCUT2D eigenvalue weighted by Gasteiger charge is 2.16. The van der Waals surface area contributed by atoms with Gasteiger partial charge in [-0.05, 0) is 18.9 Å². The molecule has 0 aliphatic carbocycles. The third kappa shape index (κ3) is 4.72. The van der Waals surface area contributed by atoms with Crippen molar-refractivity contribution >= 4 is 9.84 Å². The number of hydrogen-bond donors (Lipinski definition) is 1. The van der Waals surface area contributed by atoms with Gasteiger partial charge in [0.25, 0.3) is 0 Å². The Bertz CT molecular complexity index is 513. The van der Waals surface area contributed by atoms with Crippen LogP contribution >= 0.6 is 0 Å². The average Bonchev–Trinajstić information content (AvgIpc) is 2.35. The van der Waals surface area contributed by atoms with Gasteiger partial charge in [-0.3, -0.25) is 0 Å². The molecule has 0 radical (unpaired) electrons. The van der Waals surface area contributed by atoms with Crippen molar-refractivity contribution in [2.24, 2.45) is 5.73 Å². The number of rotatable bonds is 7. The van der Waals surface area contributed by atoms with E-state index < -0.39 is 9.84 Å². The second kappa shape index (κ2) is 6.77. The van der Waals surface area contributed by atoms with Gasteiger partial charge < -0.3 is 15.2 Å². The predicted octanol–water partition coefficient (Wildman–Crippen LogP) is 1.53. The summed E-state index contributed by atoms with van der Waals surface area (Å²) in [7, 11) is 0.184. The minimum Gasteiger partial charge on any atom is -0.493 e. The molecule has 0 saturated carbocycles. The highest BCUT2D eigenvalue weighted by atomic mass is 32.2. The molecule has 6 heteroatoms. The zero-order chi connectivity index (χ0) is 14.5. The van der Waals surface area contributed by atoms with Crippen LogP contribution in [-0.4, -0.2) is 34.6 Å². The van der Waals surface area contributed by atoms with E-state index in [4.69, 9.17) is 15.2 Å². The summed E-state index contributed by atoms with van der Waals surface area (Å²) in [6.45, 7) is 0. The smallest absolute Gasteiger partial charge is 0.165 e. The lowest BCUT2D eigenvalue weighted by molar-refractivity contribution is 0.348. The fourth-order valence-corrected chi connectivity index (χ4v) is 2.62. The van der Waals surface area contributed by atoms with Crippen molar-refractivity contribution in [2.75, 3.05) is 26.2 Å². The fraction of sp³-hybridized carbons (Fsp3) is 0.538. The lowest BCUT2D eigenvalue weighted by atomic mass is 10.0. The second-order valence-corrected chi connectivity index (χ2v) is 6.72. The monoisotopic (exact) mass is 287 g/mol. The largest absolute Gasteiger partial charge is 0.493 e. The van der Waals surface area contributed by atoms with Gasteiger partial charge in [-0.15, -0.1) is 0 Å². The number of para-hydroxylation sites is 1. The average molecular weight is 287 g/mol. The molecule has 5 nitrogen and oxygen atoms in total. The van der Waals surface area contributed by atoms with Crippen molar-refractivity contribution in [3.05, 3.63) is 23.8 Å². The Morgan fingerprint density at radius 2 is 1.95 bits per heavy atom. The van der Waals surface area contributed by atoms with E-state index in [2.05, 4.69) is 0 Å². The molecule has 0 amide bonds. The Morgan fingerprint density at radius 3 is 2.47 bits per heavy atom. The molecule has 19 heavy (non-hydrogen) atoms. The van der Waals surface area contributed by atoms with Crippen molar-refractivity contribution in [1.82, 2.24) is 0 Å². The van der Waals surface area contributed by atoms with E-state index in [0.29, 0.717) is 24.3 Å². The standard InChI is InChI=1S/C13H21NO4S/c1-17-12-8-4-6-10(13(12)18-2)11(14)7-5-9-19(3,15)16/h4,6,8,11H,5,7,9,14H2,1-3H3. The molecule has 0 fully saturated rings. The zero-order valence-corrected chi connectivity index (χ0v) is 12.4. The molecule has 1 atom stereocenters. The summed E-state index contributed by atoms with van der Waals surface area (Å²) in [5.74, 6) is 1.38. The number of benzene rings is 1. The molecule has 1 unspecified atom stereocenters. The third-order valence-electron chi connectivity index (χ3n) is 2.86. The topological polar surface area (TPSA) is 78.6 Å². The van der Waals surface area contributed by atoms with E-state index in [0.717, 1.165) is 5.56 Å². The first-order valence-corrected chi connectivity index (χ1v) is 8.09. The maximum Gasteiger partial charge on any atom is 0.165 e. The number of methoxy groups -OCH3 is 2. The molecule has 0 spiro atoms. The SMILES string of the molecule is COc1cccc(C(N)CCCS(C)(=O)=O)c1OC. The number of ether oxygens (including phenoxy) is 2. The summed E-state index contributed by atoms with van der Waals surface area (Å²) in [6.07, 6.45) is 2.33. The molecule has 0 bridgehead atoms. The van der Waals surface area contributed by atoms with Crippen LogP contribution in [0, 0.1) is 0 Å². The molecule has 1 rings (SSSR count). The summed E-state index contributed by atoms with van der Waals surface area (Å²) in [5.41, 5.74) is 6.92. The molecule has 0 heterocycles. The van der Waals surface area contributed by atoms with Gasteiger partial charge in [0.2, 0.25) is 0 Å². The van der Waals surface area contributed by atoms with Crippen LogP contribution < -0.4 is 15.2 Å². The molecule has 0 aliphatic heterocycles. The van der Waals surface area contributed by atoms with Crippen molar-refractivity contribution < 1.29 is 17.9 Å². The van der Waals surface area contributed by atoms with Gasteiger partial charge in [-0.1, -0.05) is 12.1 Å². The Morgan fingerprint density at radius 1 is 1.26 bits per heavy atom. The van der Waals surface area contributed by atoms with E-state index in [1.807, 2.05) is 12.1 Å². The maximum absolute atomic E-state index is 11.1. The van der Waals surface area contributed by atoms with Gasteiger partial charge >= 0.3 is 0 Å². The lowest BCUT2D eigenvalue weighted by Crippen LogP contribution is -2.14. The minimum atomic E-state index is -2.94. The second-order valence-electron chi connectivity index (χ2n) is 4.46. The van der Waals surface area contributed by atoms with E-state index in [9.17, 15) is 8.42 Å². The van der Waals surface area contributed by atoms with Crippen molar-refractivity contribution in [3.8, 4) is 11.5 Å². The van der Waals surface area contributed by atoms with Crippen LogP contribution in [0.3, 0.4) is 0 Å². The van der Waals surface area contributed by atoms with Crippen LogP contribution in [0.5, 0.6) is 11.5 Å². The predicted molar refractivity (Wildman–Crippen MR) is 75.4 cm³/mol. The first-order chi connectivity index (χ1) is 8.89. The molecular formula is C13H21NO4S. The van der Waals surface area contributed by atoms with Gasteiger partial charge in [0, 0.05) is 23.6 Å². The highest BCUT2D eigenvalue weighted by molar-refractivity contribution is 7.90. The van der Waals surface area contributed by atoms with Gasteiger partial charge in [-0.2, -0.15) is 0 Å². The third-order valence-corrected chi connectivity index (χ3v) is 3.89. The summed E-state index contributed by atoms with van der Waals surface area (Å²) < 4.78 is 32.7. The molecular weight excluding hydrogens is 266 g/mol. The molecule has 108 valence electrons. The van der Waals surface area contributed by atoms with Crippen molar-refractivity contribution in [2.45, 2.75) is 18.9 Å². The van der Waals surface area contributed by atoms with Crippen LogP contribution in [0.4, 0.5) is 0 Å². The molecule has 2 N–H and O–H groups in total. The first kappa shape index (κ1) is 15.8. The maximum atomic E-state index is 11.1. The van der Waals surface area contributed by atoms with Crippen LogP contribution in [0.1, 0.15) is 24.4 Å². The van der Waals surface area contributed by atoms with Gasteiger partial charge in [0.1, 0.15) is 9.84 Å². The number of nitrogens with two attached hydrogens (primary N) is 1.